The molecule has 6 nitrogen and oxygen atoms in total. The summed E-state index contributed by atoms with van der Waals surface area (Å²) in [4.78, 5) is 24.5. The topological polar surface area (TPSA) is 73.2 Å². The fourth-order valence-corrected chi connectivity index (χ4v) is 3.53. The number of nitrogens with zero attached hydrogens (tertiary/aromatic N) is 2. The van der Waals surface area contributed by atoms with Crippen LogP contribution in [0.2, 0.25) is 10.0 Å². The van der Waals surface area contributed by atoms with E-state index in [1.165, 1.54) is 0 Å². The highest BCUT2D eigenvalue weighted by atomic mass is 35.5. The van der Waals surface area contributed by atoms with E-state index in [4.69, 9.17) is 27.9 Å². The highest BCUT2D eigenvalue weighted by Crippen LogP contribution is 2.32. The van der Waals surface area contributed by atoms with Crippen molar-refractivity contribution in [1.82, 2.24) is 15.1 Å². The van der Waals surface area contributed by atoms with Crippen LogP contribution in [-0.2, 0) is 4.74 Å². The fourth-order valence-electron chi connectivity index (χ4n) is 3.02. The van der Waals surface area contributed by atoms with Gasteiger partial charge in [0.05, 0.1) is 23.0 Å². The zero-order chi connectivity index (χ0) is 21.3. The number of halogens is 2. The normalized spacial score (nSPS) is 13.2. The quantitative estimate of drug-likeness (QED) is 0.548. The Morgan fingerprint density at radius 1 is 1.13 bits per heavy atom. The molecule has 1 fully saturated rings. The second kappa shape index (κ2) is 8.50. The molecule has 1 amide bonds. The highest BCUT2D eigenvalue weighted by molar-refractivity contribution is 6.36. The smallest absolute Gasteiger partial charge is 0.358 e. The van der Waals surface area contributed by atoms with Crippen molar-refractivity contribution in [1.29, 1.82) is 0 Å². The van der Waals surface area contributed by atoms with Gasteiger partial charge in [0.25, 0.3) is 5.91 Å². The molecular formula is C22H19Cl2N3O3. The molecule has 0 spiro atoms. The number of esters is 1. The van der Waals surface area contributed by atoms with Crippen LogP contribution in [0.3, 0.4) is 0 Å². The Bertz CT molecular complexity index is 1110. The number of hydrogen-bond acceptors (Lipinski definition) is 4. The summed E-state index contributed by atoms with van der Waals surface area (Å²) >= 11 is 12.4. The van der Waals surface area contributed by atoms with Gasteiger partial charge >= 0.3 is 5.97 Å². The second-order valence-corrected chi connectivity index (χ2v) is 7.81. The standard InChI is InChI=1S/C22H19Cl2N3O3/c1-2-30-22(29)19-12-20(17-10-5-14(23)11-18(17)24)27(26-19)16-8-3-13(4-9-16)21(28)25-15-6-7-15/h3-5,8-12,15H,2,6-7H2,1H3,(H,25,28). The van der Waals surface area contributed by atoms with E-state index in [0.717, 1.165) is 12.8 Å². The monoisotopic (exact) mass is 443 g/mol. The number of ether oxygens (including phenoxy) is 1. The van der Waals surface area contributed by atoms with Gasteiger partial charge in [-0.25, -0.2) is 9.48 Å². The van der Waals surface area contributed by atoms with E-state index in [2.05, 4.69) is 10.4 Å². The van der Waals surface area contributed by atoms with E-state index in [0.29, 0.717) is 32.6 Å². The van der Waals surface area contributed by atoms with Crippen LogP contribution in [0.5, 0.6) is 0 Å². The molecule has 0 bridgehead atoms. The van der Waals surface area contributed by atoms with E-state index < -0.39 is 5.97 Å². The van der Waals surface area contributed by atoms with Crippen LogP contribution in [0.4, 0.5) is 0 Å². The first-order valence-corrected chi connectivity index (χ1v) is 10.4. The first-order valence-electron chi connectivity index (χ1n) is 9.60. The predicted molar refractivity (Wildman–Crippen MR) is 115 cm³/mol. The third-order valence-corrected chi connectivity index (χ3v) is 5.24. The summed E-state index contributed by atoms with van der Waals surface area (Å²) in [6, 6.07) is 14.0. The molecule has 1 saturated carbocycles. The molecule has 154 valence electrons. The lowest BCUT2D eigenvalue weighted by molar-refractivity contribution is 0.0519. The minimum atomic E-state index is -0.525. The fraction of sp³-hybridized carbons (Fsp3) is 0.227. The van der Waals surface area contributed by atoms with Gasteiger partial charge in [-0.2, -0.15) is 5.10 Å². The number of rotatable bonds is 6. The zero-order valence-electron chi connectivity index (χ0n) is 16.2. The molecule has 30 heavy (non-hydrogen) atoms. The van der Waals surface area contributed by atoms with E-state index in [1.54, 1.807) is 60.1 Å². The molecule has 1 aliphatic rings. The van der Waals surface area contributed by atoms with Gasteiger partial charge in [-0.05, 0) is 68.3 Å². The number of benzene rings is 2. The average Bonchev–Trinajstić information content (AvgIpc) is 3.43. The first kappa shape index (κ1) is 20.4. The molecule has 0 aliphatic heterocycles. The molecule has 0 saturated heterocycles. The van der Waals surface area contributed by atoms with Gasteiger partial charge in [0.15, 0.2) is 5.69 Å². The van der Waals surface area contributed by atoms with Crippen molar-refractivity contribution in [2.45, 2.75) is 25.8 Å². The average molecular weight is 444 g/mol. The number of nitrogens with one attached hydrogen (secondary N) is 1. The van der Waals surface area contributed by atoms with Crippen molar-refractivity contribution < 1.29 is 14.3 Å². The van der Waals surface area contributed by atoms with E-state index in [9.17, 15) is 9.59 Å². The zero-order valence-corrected chi connectivity index (χ0v) is 17.7. The van der Waals surface area contributed by atoms with Crippen LogP contribution in [0.1, 0.15) is 40.6 Å². The Morgan fingerprint density at radius 2 is 1.87 bits per heavy atom. The van der Waals surface area contributed by atoms with Crippen molar-refractivity contribution in [2.75, 3.05) is 6.61 Å². The van der Waals surface area contributed by atoms with Crippen LogP contribution in [0.15, 0.2) is 48.5 Å². The van der Waals surface area contributed by atoms with Crippen LogP contribution >= 0.6 is 23.2 Å². The van der Waals surface area contributed by atoms with E-state index in [-0.39, 0.29) is 24.2 Å². The van der Waals surface area contributed by atoms with Gasteiger partial charge in [0.2, 0.25) is 0 Å². The Labute approximate surface area is 183 Å². The molecule has 0 atom stereocenters. The summed E-state index contributed by atoms with van der Waals surface area (Å²) in [5.41, 5.74) is 2.67. The number of carbonyl (C=O) groups excluding carboxylic acids is 2. The molecular weight excluding hydrogens is 425 g/mol. The van der Waals surface area contributed by atoms with Crippen molar-refractivity contribution >= 4 is 35.1 Å². The highest BCUT2D eigenvalue weighted by Gasteiger charge is 2.24. The number of amides is 1. The van der Waals surface area contributed by atoms with E-state index >= 15 is 0 Å². The van der Waals surface area contributed by atoms with Gasteiger partial charge in [0.1, 0.15) is 0 Å². The molecule has 3 aromatic rings. The molecule has 2 aromatic carbocycles. The third kappa shape index (κ3) is 4.35. The van der Waals surface area contributed by atoms with Crippen LogP contribution in [0.25, 0.3) is 16.9 Å². The number of carbonyl (C=O) groups is 2. The molecule has 1 heterocycles. The number of hydrogen-bond donors (Lipinski definition) is 1. The molecule has 1 aromatic heterocycles. The summed E-state index contributed by atoms with van der Waals surface area (Å²) in [5.74, 6) is -0.624. The van der Waals surface area contributed by atoms with Crippen molar-refractivity contribution in [2.24, 2.45) is 0 Å². The number of aromatic nitrogens is 2. The van der Waals surface area contributed by atoms with Crippen LogP contribution < -0.4 is 5.32 Å². The Hall–Kier alpha value is -2.83. The second-order valence-electron chi connectivity index (χ2n) is 6.97. The maximum atomic E-state index is 12.3. The van der Waals surface area contributed by atoms with Crippen molar-refractivity contribution in [3.05, 3.63) is 69.8 Å². The maximum Gasteiger partial charge on any atom is 0.358 e. The SMILES string of the molecule is CCOC(=O)c1cc(-c2ccc(Cl)cc2Cl)n(-c2ccc(C(=O)NC3CC3)cc2)n1. The van der Waals surface area contributed by atoms with Crippen molar-refractivity contribution in [3.8, 4) is 16.9 Å². The Kier molecular flexibility index (Phi) is 5.79. The van der Waals surface area contributed by atoms with Crippen LogP contribution in [-0.4, -0.2) is 34.3 Å². The van der Waals surface area contributed by atoms with Crippen LogP contribution in [0, 0.1) is 0 Å². The maximum absolute atomic E-state index is 12.3. The minimum Gasteiger partial charge on any atom is -0.461 e. The molecule has 1 aliphatic carbocycles. The summed E-state index contributed by atoms with van der Waals surface area (Å²) < 4.78 is 6.69. The van der Waals surface area contributed by atoms with Gasteiger partial charge in [-0.1, -0.05) is 23.2 Å². The molecule has 0 unspecified atom stereocenters. The van der Waals surface area contributed by atoms with Gasteiger partial charge in [0, 0.05) is 22.2 Å². The lowest BCUT2D eigenvalue weighted by atomic mass is 10.1. The van der Waals surface area contributed by atoms with Gasteiger partial charge in [-0.15, -0.1) is 0 Å². The molecule has 1 N–H and O–H groups in total. The minimum absolute atomic E-state index is 0.0994. The summed E-state index contributed by atoms with van der Waals surface area (Å²) in [5, 5.41) is 8.32. The Morgan fingerprint density at radius 3 is 2.50 bits per heavy atom. The van der Waals surface area contributed by atoms with Gasteiger partial charge < -0.3 is 10.1 Å². The molecule has 4 rings (SSSR count). The molecule has 8 heteroatoms. The molecule has 0 radical (unpaired) electrons. The summed E-state index contributed by atoms with van der Waals surface area (Å²) in [6.45, 7) is 1.98. The van der Waals surface area contributed by atoms with Crippen molar-refractivity contribution in [3.63, 3.8) is 0 Å². The first-order chi connectivity index (χ1) is 14.5. The van der Waals surface area contributed by atoms with Gasteiger partial charge in [-0.3, -0.25) is 4.79 Å². The summed E-state index contributed by atoms with van der Waals surface area (Å²) in [7, 11) is 0. The lowest BCUT2D eigenvalue weighted by Crippen LogP contribution is -2.25. The predicted octanol–water partition coefficient (Wildman–Crippen LogP) is 4.92. The van der Waals surface area contributed by atoms with E-state index in [1.807, 2.05) is 0 Å². The third-order valence-electron chi connectivity index (χ3n) is 4.69. The largest absolute Gasteiger partial charge is 0.461 e. The Balaban J connectivity index is 1.73. The lowest BCUT2D eigenvalue weighted by Gasteiger charge is -2.10. The summed E-state index contributed by atoms with van der Waals surface area (Å²) in [6.07, 6.45) is 2.05.